The first-order valence-corrected chi connectivity index (χ1v) is 11.0. The van der Waals surface area contributed by atoms with Gasteiger partial charge >= 0.3 is 11.8 Å². The highest BCUT2D eigenvalue weighted by Gasteiger charge is 2.27. The zero-order valence-corrected chi connectivity index (χ0v) is 19.1. The number of piperidine rings is 1. The van der Waals surface area contributed by atoms with Crippen molar-refractivity contribution in [2.45, 2.75) is 51.8 Å². The fourth-order valence-electron chi connectivity index (χ4n) is 4.16. The molecule has 9 nitrogen and oxygen atoms in total. The summed E-state index contributed by atoms with van der Waals surface area (Å²) in [4.78, 5) is 34.4. The second kappa shape index (κ2) is 8.98. The Morgan fingerprint density at radius 1 is 1.33 bits per heavy atom. The summed E-state index contributed by atoms with van der Waals surface area (Å²) in [6.07, 6.45) is 2.60. The molecule has 1 amide bonds. The first-order chi connectivity index (χ1) is 15.7. The highest BCUT2D eigenvalue weighted by atomic mass is 16.6. The van der Waals surface area contributed by atoms with Crippen LogP contribution >= 0.6 is 0 Å². The van der Waals surface area contributed by atoms with Crippen LogP contribution in [0.2, 0.25) is 0 Å². The molecular weight excluding hydrogens is 420 g/mol. The van der Waals surface area contributed by atoms with Crippen LogP contribution in [0.15, 0.2) is 41.3 Å². The molecule has 1 aliphatic heterocycles. The standard InChI is InChI=1S/C24H28N6O3/c1-24(2,3)28-23(32)33-18-9-6-12-29(15-18)19-10-11-26-21-20(19)30(22(31)27-21)14-17-8-5-4-7-16(17)13-25/h4-5,7-8,10-11,18H,6,9,12,14-15H2,1-3H3,(H,28,32)(H,26,27,31). The van der Waals surface area contributed by atoms with Gasteiger partial charge in [-0.2, -0.15) is 5.26 Å². The number of aromatic amines is 1. The number of hydrogen-bond acceptors (Lipinski definition) is 6. The quantitative estimate of drug-likeness (QED) is 0.633. The van der Waals surface area contributed by atoms with Gasteiger partial charge < -0.3 is 15.0 Å². The maximum Gasteiger partial charge on any atom is 0.407 e. The topological polar surface area (TPSA) is 116 Å². The first kappa shape index (κ1) is 22.4. The number of aromatic nitrogens is 3. The van der Waals surface area contributed by atoms with E-state index in [9.17, 15) is 14.9 Å². The molecule has 9 heteroatoms. The zero-order valence-electron chi connectivity index (χ0n) is 19.1. The molecule has 1 aromatic carbocycles. The number of nitrogens with one attached hydrogen (secondary N) is 2. The number of nitrogens with zero attached hydrogens (tertiary/aromatic N) is 4. The normalized spacial score (nSPS) is 16.4. The summed E-state index contributed by atoms with van der Waals surface area (Å²) in [6, 6.07) is 11.3. The molecule has 172 valence electrons. The Bertz CT molecular complexity index is 1260. The predicted octanol–water partition coefficient (Wildman–Crippen LogP) is 3.14. The van der Waals surface area contributed by atoms with E-state index in [1.54, 1.807) is 22.9 Å². The van der Waals surface area contributed by atoms with Gasteiger partial charge in [-0.15, -0.1) is 0 Å². The van der Waals surface area contributed by atoms with Crippen molar-refractivity contribution in [1.29, 1.82) is 5.26 Å². The van der Waals surface area contributed by atoms with Crippen LogP contribution in [0, 0.1) is 11.3 Å². The minimum absolute atomic E-state index is 0.253. The summed E-state index contributed by atoms with van der Waals surface area (Å²) in [6.45, 7) is 7.27. The minimum Gasteiger partial charge on any atom is -0.444 e. The summed E-state index contributed by atoms with van der Waals surface area (Å²) >= 11 is 0. The van der Waals surface area contributed by atoms with Gasteiger partial charge in [0.25, 0.3) is 0 Å². The van der Waals surface area contributed by atoms with Crippen LogP contribution in [0.3, 0.4) is 0 Å². The lowest BCUT2D eigenvalue weighted by molar-refractivity contribution is 0.0827. The second-order valence-electron chi connectivity index (χ2n) is 9.30. The Balaban J connectivity index is 1.64. The summed E-state index contributed by atoms with van der Waals surface area (Å²) < 4.78 is 7.29. The number of nitriles is 1. The second-order valence-corrected chi connectivity index (χ2v) is 9.30. The van der Waals surface area contributed by atoms with Gasteiger partial charge in [-0.1, -0.05) is 18.2 Å². The molecule has 1 fully saturated rings. The van der Waals surface area contributed by atoms with Crippen molar-refractivity contribution < 1.29 is 9.53 Å². The molecule has 1 saturated heterocycles. The van der Waals surface area contributed by atoms with Crippen LogP contribution in [0.1, 0.15) is 44.7 Å². The lowest BCUT2D eigenvalue weighted by Crippen LogP contribution is -2.46. The summed E-state index contributed by atoms with van der Waals surface area (Å²) in [5.41, 5.74) is 2.64. The third-order valence-electron chi connectivity index (χ3n) is 5.58. The van der Waals surface area contributed by atoms with Crippen molar-refractivity contribution in [2.24, 2.45) is 0 Å². The molecule has 4 rings (SSSR count). The van der Waals surface area contributed by atoms with Gasteiger partial charge in [0.2, 0.25) is 0 Å². The highest BCUT2D eigenvalue weighted by molar-refractivity contribution is 5.86. The molecule has 3 aromatic rings. The number of carbonyl (C=O) groups excluding carboxylic acids is 1. The number of H-pyrrole nitrogens is 1. The van der Waals surface area contributed by atoms with Crippen LogP contribution < -0.4 is 15.9 Å². The Kier molecular flexibility index (Phi) is 6.09. The van der Waals surface area contributed by atoms with Crippen molar-refractivity contribution in [2.75, 3.05) is 18.0 Å². The zero-order chi connectivity index (χ0) is 23.6. The number of benzene rings is 1. The molecular formula is C24H28N6O3. The summed E-state index contributed by atoms with van der Waals surface area (Å²) in [5, 5.41) is 12.3. The van der Waals surface area contributed by atoms with Gasteiger partial charge in [-0.25, -0.2) is 14.6 Å². The maximum atomic E-state index is 12.8. The third kappa shape index (κ3) is 5.00. The van der Waals surface area contributed by atoms with Gasteiger partial charge in [-0.05, 0) is 51.3 Å². The number of fused-ring (bicyclic) bond motifs is 1. The Morgan fingerprint density at radius 3 is 2.88 bits per heavy atom. The first-order valence-electron chi connectivity index (χ1n) is 11.0. The number of imidazole rings is 1. The fourth-order valence-corrected chi connectivity index (χ4v) is 4.16. The Labute approximate surface area is 192 Å². The number of alkyl carbamates (subject to hydrolysis) is 1. The van der Waals surface area contributed by atoms with E-state index in [0.717, 1.165) is 30.6 Å². The van der Waals surface area contributed by atoms with Crippen LogP contribution in [0.4, 0.5) is 10.5 Å². The molecule has 0 spiro atoms. The van der Waals surface area contributed by atoms with Gasteiger partial charge in [0, 0.05) is 18.3 Å². The summed E-state index contributed by atoms with van der Waals surface area (Å²) in [5.74, 6) is 0. The maximum absolute atomic E-state index is 12.8. The van der Waals surface area contributed by atoms with E-state index in [-0.39, 0.29) is 23.9 Å². The molecule has 0 aliphatic carbocycles. The minimum atomic E-state index is -0.430. The van der Waals surface area contributed by atoms with Gasteiger partial charge in [0.1, 0.15) is 11.6 Å². The van der Waals surface area contributed by atoms with Gasteiger partial charge in [-0.3, -0.25) is 9.55 Å². The molecule has 2 aromatic heterocycles. The molecule has 1 aliphatic rings. The van der Waals surface area contributed by atoms with Crippen molar-refractivity contribution >= 4 is 22.9 Å². The average molecular weight is 449 g/mol. The molecule has 1 unspecified atom stereocenters. The molecule has 0 radical (unpaired) electrons. The highest BCUT2D eigenvalue weighted by Crippen LogP contribution is 2.28. The smallest absolute Gasteiger partial charge is 0.407 e. The van der Waals surface area contributed by atoms with E-state index in [4.69, 9.17) is 4.74 Å². The molecule has 0 bridgehead atoms. The largest absolute Gasteiger partial charge is 0.444 e. The van der Waals surface area contributed by atoms with Crippen molar-refractivity contribution in [1.82, 2.24) is 19.9 Å². The van der Waals surface area contributed by atoms with Gasteiger partial charge in [0.05, 0.1) is 30.4 Å². The molecule has 0 saturated carbocycles. The molecule has 1 atom stereocenters. The monoisotopic (exact) mass is 448 g/mol. The van der Waals surface area contributed by atoms with Crippen LogP contribution in [-0.2, 0) is 11.3 Å². The SMILES string of the molecule is CC(C)(C)NC(=O)OC1CCCN(c2ccnc3[nH]c(=O)n(Cc4ccccc4C#N)c23)C1. The van der Waals surface area contributed by atoms with Crippen molar-refractivity contribution in [3.8, 4) is 6.07 Å². The number of pyridine rings is 1. The van der Waals surface area contributed by atoms with E-state index >= 15 is 0 Å². The van der Waals surface area contributed by atoms with Crippen molar-refractivity contribution in [3.63, 3.8) is 0 Å². The van der Waals surface area contributed by atoms with Crippen LogP contribution in [0.5, 0.6) is 0 Å². The van der Waals surface area contributed by atoms with E-state index in [1.807, 2.05) is 39.0 Å². The van der Waals surface area contributed by atoms with Crippen molar-refractivity contribution in [3.05, 3.63) is 58.1 Å². The van der Waals surface area contributed by atoms with Crippen LogP contribution in [0.25, 0.3) is 11.2 Å². The Morgan fingerprint density at radius 2 is 2.12 bits per heavy atom. The fraction of sp³-hybridized carbons (Fsp3) is 0.417. The number of hydrogen-bond donors (Lipinski definition) is 2. The molecule has 3 heterocycles. The lowest BCUT2D eigenvalue weighted by Gasteiger charge is -2.34. The van der Waals surface area contributed by atoms with E-state index in [1.165, 1.54) is 0 Å². The van der Waals surface area contributed by atoms with Gasteiger partial charge in [0.15, 0.2) is 5.65 Å². The molecule has 33 heavy (non-hydrogen) atoms. The van der Waals surface area contributed by atoms with Crippen LogP contribution in [-0.4, -0.2) is 45.4 Å². The number of carbonyl (C=O) groups is 1. The van der Waals surface area contributed by atoms with E-state index in [2.05, 4.69) is 26.3 Å². The number of ether oxygens (including phenoxy) is 1. The number of rotatable bonds is 4. The van der Waals surface area contributed by atoms with E-state index < -0.39 is 6.09 Å². The average Bonchev–Trinajstić information content (AvgIpc) is 3.08. The number of anilines is 1. The number of amides is 1. The Hall–Kier alpha value is -3.80. The lowest BCUT2D eigenvalue weighted by atomic mass is 10.1. The third-order valence-corrected chi connectivity index (χ3v) is 5.58. The van der Waals surface area contributed by atoms with E-state index in [0.29, 0.717) is 23.3 Å². The molecule has 2 N–H and O–H groups in total. The predicted molar refractivity (Wildman–Crippen MR) is 125 cm³/mol. The summed E-state index contributed by atoms with van der Waals surface area (Å²) in [7, 11) is 0.